The first-order valence-corrected chi connectivity index (χ1v) is 10.5. The highest BCUT2D eigenvalue weighted by Gasteiger charge is 2.33. The smallest absolute Gasteiger partial charge is 0.315 e. The van der Waals surface area contributed by atoms with Crippen molar-refractivity contribution in [2.75, 3.05) is 11.2 Å². The Morgan fingerprint density at radius 1 is 1.11 bits per heavy atom. The zero-order valence-corrected chi connectivity index (χ0v) is 16.2. The number of rotatable bonds is 4. The van der Waals surface area contributed by atoms with E-state index in [1.165, 1.54) is 18.2 Å². The number of aromatic nitrogens is 1. The number of hydrazine groups is 1. The van der Waals surface area contributed by atoms with Gasteiger partial charge in [-0.1, -0.05) is 12.1 Å². The highest BCUT2D eigenvalue weighted by Crippen LogP contribution is 2.38. The number of halogens is 3. The zero-order valence-electron chi connectivity index (χ0n) is 14.5. The van der Waals surface area contributed by atoms with Gasteiger partial charge < -0.3 is 4.57 Å². The van der Waals surface area contributed by atoms with E-state index in [0.29, 0.717) is 5.56 Å². The van der Waals surface area contributed by atoms with E-state index in [4.69, 9.17) is 0 Å². The lowest BCUT2D eigenvalue weighted by Crippen LogP contribution is -2.31. The Kier molecular flexibility index (Phi) is 5.11. The number of carbonyl (C=O) groups excluding carboxylic acids is 1. The Hall–Kier alpha value is -2.39. The molecule has 4 nitrogen and oxygen atoms in total. The molecule has 0 saturated heterocycles. The monoisotopic (exact) mass is 423 g/mol. The van der Waals surface area contributed by atoms with Crippen LogP contribution in [0.25, 0.3) is 5.00 Å². The molecule has 0 aliphatic carbocycles. The van der Waals surface area contributed by atoms with Crippen molar-refractivity contribution in [1.29, 1.82) is 0 Å². The van der Waals surface area contributed by atoms with Crippen LogP contribution in [0.1, 0.15) is 26.4 Å². The van der Waals surface area contributed by atoms with Crippen molar-refractivity contribution in [3.8, 4) is 5.00 Å². The Morgan fingerprint density at radius 2 is 1.86 bits per heavy atom. The van der Waals surface area contributed by atoms with Gasteiger partial charge in [-0.3, -0.25) is 15.6 Å². The molecule has 4 rings (SSSR count). The summed E-state index contributed by atoms with van der Waals surface area (Å²) in [5, 5.41) is 0.779. The number of para-hydroxylation sites is 1. The fraction of sp³-hybridized carbons (Fsp3) is 0.211. The van der Waals surface area contributed by atoms with Crippen LogP contribution in [0.5, 0.6) is 0 Å². The molecule has 1 amide bonds. The topological polar surface area (TPSA) is 46.1 Å². The van der Waals surface area contributed by atoms with Gasteiger partial charge in [0.05, 0.1) is 16.8 Å². The van der Waals surface area contributed by atoms with Crippen molar-refractivity contribution in [2.24, 2.45) is 0 Å². The van der Waals surface area contributed by atoms with Gasteiger partial charge in [-0.2, -0.15) is 24.9 Å². The highest BCUT2D eigenvalue weighted by atomic mass is 32.2. The number of nitrogens with zero attached hydrogens (tertiary/aromatic N) is 1. The first kappa shape index (κ1) is 18.9. The largest absolute Gasteiger partial charge is 0.418 e. The number of thiophene rings is 1. The van der Waals surface area contributed by atoms with Crippen LogP contribution in [0.3, 0.4) is 0 Å². The van der Waals surface area contributed by atoms with Crippen LogP contribution < -0.4 is 10.9 Å². The average molecular weight is 423 g/mol. The van der Waals surface area contributed by atoms with Crippen LogP contribution in [0.2, 0.25) is 0 Å². The number of nitrogens with one attached hydrogen (secondary N) is 2. The minimum atomic E-state index is -4.51. The maximum atomic E-state index is 13.2. The molecule has 28 heavy (non-hydrogen) atoms. The first-order valence-electron chi connectivity index (χ1n) is 8.53. The maximum absolute atomic E-state index is 13.2. The van der Waals surface area contributed by atoms with Gasteiger partial charge in [0.2, 0.25) is 0 Å². The lowest BCUT2D eigenvalue weighted by Gasteiger charge is -2.16. The third-order valence-corrected chi connectivity index (χ3v) is 6.82. The fourth-order valence-electron chi connectivity index (χ4n) is 3.13. The normalized spacial score (nSPS) is 13.8. The van der Waals surface area contributed by atoms with Gasteiger partial charge in [0.15, 0.2) is 0 Å². The average Bonchev–Trinajstić information content (AvgIpc) is 3.33. The maximum Gasteiger partial charge on any atom is 0.418 e. The van der Waals surface area contributed by atoms with Crippen LogP contribution in [-0.2, 0) is 18.3 Å². The number of anilines is 1. The highest BCUT2D eigenvalue weighted by molar-refractivity contribution is 7.98. The van der Waals surface area contributed by atoms with E-state index < -0.39 is 17.6 Å². The molecule has 0 bridgehead atoms. The van der Waals surface area contributed by atoms with Gasteiger partial charge in [0.25, 0.3) is 5.91 Å². The van der Waals surface area contributed by atoms with Crippen LogP contribution in [0, 0.1) is 0 Å². The van der Waals surface area contributed by atoms with E-state index in [2.05, 4.69) is 10.9 Å². The molecule has 2 N–H and O–H groups in total. The number of carbonyl (C=O) groups is 1. The molecule has 1 aromatic carbocycles. The number of thioether (sulfide) groups is 1. The first-order chi connectivity index (χ1) is 13.4. The molecule has 2 aromatic heterocycles. The summed E-state index contributed by atoms with van der Waals surface area (Å²) in [5.41, 5.74) is 5.41. The van der Waals surface area contributed by atoms with E-state index in [9.17, 15) is 18.0 Å². The molecule has 0 radical (unpaired) electrons. The number of alkyl halides is 3. The summed E-state index contributed by atoms with van der Waals surface area (Å²) >= 11 is 3.36. The van der Waals surface area contributed by atoms with Crippen molar-refractivity contribution in [3.63, 3.8) is 0 Å². The molecule has 0 unspecified atom stereocenters. The number of hydrogen-bond acceptors (Lipinski definition) is 4. The minimum Gasteiger partial charge on any atom is -0.315 e. The minimum absolute atomic E-state index is 0.189. The summed E-state index contributed by atoms with van der Waals surface area (Å²) in [4.78, 5) is 14.1. The van der Waals surface area contributed by atoms with E-state index in [1.807, 2.05) is 40.9 Å². The van der Waals surface area contributed by atoms with Gasteiger partial charge in [-0.05, 0) is 42.0 Å². The van der Waals surface area contributed by atoms with Crippen LogP contribution >= 0.6 is 23.1 Å². The lowest BCUT2D eigenvalue weighted by atomic mass is 10.1. The fourth-order valence-corrected chi connectivity index (χ4v) is 5.57. The van der Waals surface area contributed by atoms with E-state index >= 15 is 0 Å². The van der Waals surface area contributed by atoms with Gasteiger partial charge in [0.1, 0.15) is 5.00 Å². The quantitative estimate of drug-likeness (QED) is 0.574. The molecule has 146 valence electrons. The molecule has 0 fully saturated rings. The zero-order chi connectivity index (χ0) is 19.7. The molecule has 0 atom stereocenters. The summed E-state index contributed by atoms with van der Waals surface area (Å²) in [6.07, 6.45) is -0.0375. The van der Waals surface area contributed by atoms with Crippen LogP contribution in [0.15, 0.2) is 48.8 Å². The molecular formula is C19H16F3N3OS2. The summed E-state index contributed by atoms with van der Waals surface area (Å²) in [6.45, 7) is 0. The Bertz CT molecular complexity index is 997. The number of amides is 1. The summed E-state index contributed by atoms with van der Waals surface area (Å²) in [5.74, 6) is 1.32. The summed E-state index contributed by atoms with van der Waals surface area (Å²) < 4.78 is 41.4. The number of fused-ring (bicyclic) bond motifs is 1. The number of hydrogen-bond donors (Lipinski definition) is 2. The van der Waals surface area contributed by atoms with Gasteiger partial charge >= 0.3 is 6.18 Å². The van der Waals surface area contributed by atoms with E-state index in [1.54, 1.807) is 11.3 Å². The Morgan fingerprint density at radius 3 is 2.61 bits per heavy atom. The van der Waals surface area contributed by atoms with Gasteiger partial charge in [-0.15, -0.1) is 11.3 Å². The van der Waals surface area contributed by atoms with Crippen molar-refractivity contribution in [3.05, 3.63) is 70.4 Å². The molecule has 0 spiro atoms. The lowest BCUT2D eigenvalue weighted by molar-refractivity contribution is -0.137. The van der Waals surface area contributed by atoms with Crippen LogP contribution in [0.4, 0.5) is 18.9 Å². The second-order valence-corrected chi connectivity index (χ2v) is 8.39. The third kappa shape index (κ3) is 3.64. The predicted molar refractivity (Wildman–Crippen MR) is 106 cm³/mol. The molecule has 9 heteroatoms. The Balaban J connectivity index is 1.64. The molecule has 0 saturated carbocycles. The molecule has 3 heterocycles. The van der Waals surface area contributed by atoms with E-state index in [-0.39, 0.29) is 5.69 Å². The van der Waals surface area contributed by atoms with E-state index in [0.717, 1.165) is 39.4 Å². The van der Waals surface area contributed by atoms with Crippen molar-refractivity contribution in [1.82, 2.24) is 9.99 Å². The molecule has 1 aliphatic rings. The standard InChI is InChI=1S/C19H16F3N3OS2/c20-19(21,22)13-5-1-2-6-14(13)23-24-17(26)16-12-7-10-27-11-15(12)28-18(16)25-8-3-4-9-25/h1-6,8-9,23H,7,10-11H2,(H,24,26). The van der Waals surface area contributed by atoms with Crippen molar-refractivity contribution in [2.45, 2.75) is 18.3 Å². The molecular weight excluding hydrogens is 407 g/mol. The third-order valence-electron chi connectivity index (χ3n) is 4.41. The van der Waals surface area contributed by atoms with Gasteiger partial charge in [0, 0.05) is 23.0 Å². The molecule has 1 aliphatic heterocycles. The summed E-state index contributed by atoms with van der Waals surface area (Å²) in [7, 11) is 0. The van der Waals surface area contributed by atoms with Gasteiger partial charge in [-0.25, -0.2) is 0 Å². The van der Waals surface area contributed by atoms with Crippen molar-refractivity contribution >= 4 is 34.7 Å². The van der Waals surface area contributed by atoms with Crippen LogP contribution in [-0.4, -0.2) is 16.2 Å². The second kappa shape index (κ2) is 7.56. The van der Waals surface area contributed by atoms with Crippen molar-refractivity contribution < 1.29 is 18.0 Å². The molecule has 3 aromatic rings. The summed E-state index contributed by atoms with van der Waals surface area (Å²) in [6, 6.07) is 8.80. The predicted octanol–water partition coefficient (Wildman–Crippen LogP) is 5.10. The second-order valence-electron chi connectivity index (χ2n) is 6.20. The number of benzene rings is 1. The SMILES string of the molecule is O=C(NNc1ccccc1C(F)(F)F)c1c(-n2cccc2)sc2c1CCSC2. The Labute approximate surface area is 167 Å².